The zero-order valence-electron chi connectivity index (χ0n) is 22.0. The minimum Gasteiger partial charge on any atom is -0.448 e. The van der Waals surface area contributed by atoms with E-state index in [9.17, 15) is 40.8 Å². The highest BCUT2D eigenvalue weighted by Crippen LogP contribution is 2.30. The number of amides is 3. The Morgan fingerprint density at radius 1 is 1.05 bits per heavy atom. The fraction of sp³-hybridized carbons (Fsp3) is 0.231. The molecule has 218 valence electrons. The van der Waals surface area contributed by atoms with Crippen molar-refractivity contribution < 1.29 is 40.7 Å². The van der Waals surface area contributed by atoms with Gasteiger partial charge in [-0.15, -0.1) is 0 Å². The molecule has 15 heteroatoms. The molecule has 3 N–H and O–H groups in total. The molecule has 0 aliphatic rings. The van der Waals surface area contributed by atoms with Crippen molar-refractivity contribution >= 4 is 27.7 Å². The molecule has 0 fully saturated rings. The minimum atomic E-state index is -4.76. The summed E-state index contributed by atoms with van der Waals surface area (Å²) in [7, 11) is -3.46. The second-order valence-corrected chi connectivity index (χ2v) is 10.7. The van der Waals surface area contributed by atoms with Gasteiger partial charge < -0.3 is 10.1 Å². The number of hydrogen-bond donors (Lipinski definition) is 2. The Hall–Kier alpha value is -4.50. The molecule has 0 aliphatic heterocycles. The predicted octanol–water partition coefficient (Wildman–Crippen LogP) is 2.97. The Kier molecular flexibility index (Phi) is 9.03. The zero-order chi connectivity index (χ0) is 30.7. The molecule has 0 spiro atoms. The Morgan fingerprint density at radius 3 is 2.24 bits per heavy atom. The van der Waals surface area contributed by atoms with Crippen LogP contribution in [0.1, 0.15) is 44.5 Å². The van der Waals surface area contributed by atoms with Crippen molar-refractivity contribution in [2.24, 2.45) is 5.84 Å². The highest BCUT2D eigenvalue weighted by atomic mass is 32.2. The molecule has 0 radical (unpaired) electrons. The van der Waals surface area contributed by atoms with Gasteiger partial charge in [0.15, 0.2) is 9.84 Å². The summed E-state index contributed by atoms with van der Waals surface area (Å²) in [5.74, 6) is 3.40. The SMILES string of the molecule is CCOC(=O)N(N)C(=O)c1cc(C(=O)NCc2ccc(S(C)(=O)=O)cc2)c(=O)n(-c2cccc(C(F)(F)F)c2)c1C. The summed E-state index contributed by atoms with van der Waals surface area (Å²) in [5, 5.41) is 2.57. The first-order valence-corrected chi connectivity index (χ1v) is 13.7. The highest BCUT2D eigenvalue weighted by molar-refractivity contribution is 7.90. The number of imide groups is 1. The molecule has 1 heterocycles. The van der Waals surface area contributed by atoms with E-state index >= 15 is 0 Å². The van der Waals surface area contributed by atoms with Crippen LogP contribution in [0.2, 0.25) is 0 Å². The van der Waals surface area contributed by atoms with E-state index < -0.39 is 56.2 Å². The number of pyridine rings is 1. The largest absolute Gasteiger partial charge is 0.448 e. The Morgan fingerprint density at radius 2 is 1.68 bits per heavy atom. The number of nitrogens with two attached hydrogens (primary N) is 1. The third kappa shape index (κ3) is 6.99. The summed E-state index contributed by atoms with van der Waals surface area (Å²) in [6.07, 6.45) is -4.97. The van der Waals surface area contributed by atoms with Crippen molar-refractivity contribution in [2.75, 3.05) is 12.9 Å². The molecule has 0 saturated heterocycles. The van der Waals surface area contributed by atoms with Gasteiger partial charge in [-0.3, -0.25) is 19.0 Å². The maximum atomic E-state index is 13.4. The van der Waals surface area contributed by atoms with E-state index in [0.717, 1.165) is 29.0 Å². The minimum absolute atomic E-state index is 0.0474. The van der Waals surface area contributed by atoms with E-state index in [2.05, 4.69) is 5.32 Å². The quantitative estimate of drug-likeness (QED) is 0.240. The molecule has 3 amide bonds. The lowest BCUT2D eigenvalue weighted by molar-refractivity contribution is -0.137. The molecule has 2 aromatic carbocycles. The number of alkyl halides is 3. The van der Waals surface area contributed by atoms with Gasteiger partial charge in [0.1, 0.15) is 5.56 Å². The lowest BCUT2D eigenvalue weighted by atomic mass is 10.1. The van der Waals surface area contributed by atoms with Crippen molar-refractivity contribution in [3.8, 4) is 5.69 Å². The fourth-order valence-corrected chi connectivity index (χ4v) is 4.38. The van der Waals surface area contributed by atoms with E-state index in [4.69, 9.17) is 10.6 Å². The summed E-state index contributed by atoms with van der Waals surface area (Å²) in [5.41, 5.74) is -3.25. The van der Waals surface area contributed by atoms with Crippen molar-refractivity contribution in [1.29, 1.82) is 0 Å². The summed E-state index contributed by atoms with van der Waals surface area (Å²) in [4.78, 5) is 51.8. The van der Waals surface area contributed by atoms with Crippen LogP contribution in [0, 0.1) is 6.92 Å². The molecular formula is C26H25F3N4O7S. The van der Waals surface area contributed by atoms with Crippen LogP contribution in [0.15, 0.2) is 64.3 Å². The molecule has 0 bridgehead atoms. The number of aromatic nitrogens is 1. The lowest BCUT2D eigenvalue weighted by Crippen LogP contribution is -2.44. The number of ether oxygens (including phenoxy) is 1. The zero-order valence-corrected chi connectivity index (χ0v) is 22.8. The van der Waals surface area contributed by atoms with Gasteiger partial charge in [0.25, 0.3) is 17.4 Å². The van der Waals surface area contributed by atoms with Crippen LogP contribution in [-0.2, 0) is 27.3 Å². The summed E-state index contributed by atoms with van der Waals surface area (Å²) in [6.45, 7) is 2.40. The Balaban J connectivity index is 2.11. The van der Waals surface area contributed by atoms with Crippen molar-refractivity contribution in [2.45, 2.75) is 31.5 Å². The second kappa shape index (κ2) is 11.9. The average Bonchev–Trinajstić information content (AvgIpc) is 2.90. The lowest BCUT2D eigenvalue weighted by Gasteiger charge is -2.20. The highest BCUT2D eigenvalue weighted by Gasteiger charge is 2.32. The Labute approximate surface area is 232 Å². The van der Waals surface area contributed by atoms with Gasteiger partial charge in [-0.05, 0) is 55.8 Å². The molecule has 3 rings (SSSR count). The van der Waals surface area contributed by atoms with Crippen LogP contribution in [0.4, 0.5) is 18.0 Å². The second-order valence-electron chi connectivity index (χ2n) is 8.72. The van der Waals surface area contributed by atoms with Crippen LogP contribution in [0.3, 0.4) is 0 Å². The third-order valence-corrected chi connectivity index (χ3v) is 6.97. The first-order chi connectivity index (χ1) is 19.1. The van der Waals surface area contributed by atoms with Gasteiger partial charge in [0, 0.05) is 24.2 Å². The number of rotatable bonds is 7. The van der Waals surface area contributed by atoms with E-state index in [1.807, 2.05) is 0 Å². The number of carbonyl (C=O) groups excluding carboxylic acids is 3. The van der Waals surface area contributed by atoms with E-state index in [1.165, 1.54) is 44.2 Å². The number of halogens is 3. The molecule has 0 saturated carbocycles. The maximum absolute atomic E-state index is 13.4. The summed E-state index contributed by atoms with van der Waals surface area (Å²) < 4.78 is 69.0. The molecule has 41 heavy (non-hydrogen) atoms. The third-order valence-electron chi connectivity index (χ3n) is 5.84. The predicted molar refractivity (Wildman–Crippen MR) is 140 cm³/mol. The molecule has 3 aromatic rings. The molecule has 0 unspecified atom stereocenters. The van der Waals surface area contributed by atoms with Crippen LogP contribution >= 0.6 is 0 Å². The first kappa shape index (κ1) is 31.0. The van der Waals surface area contributed by atoms with Crippen LogP contribution in [-0.4, -0.2) is 48.8 Å². The number of benzene rings is 2. The number of hydrogen-bond acceptors (Lipinski definition) is 8. The van der Waals surface area contributed by atoms with Gasteiger partial charge in [0.05, 0.1) is 22.6 Å². The topological polar surface area (TPSA) is 158 Å². The fourth-order valence-electron chi connectivity index (χ4n) is 3.75. The Bertz CT molecular complexity index is 1670. The number of nitrogens with one attached hydrogen (secondary N) is 1. The van der Waals surface area contributed by atoms with Gasteiger partial charge in [-0.1, -0.05) is 18.2 Å². The smallest absolute Gasteiger partial charge is 0.431 e. The standard InChI is InChI=1S/C26H25F3N4O7S/c1-4-40-25(37)33(30)24(36)20-13-21(22(34)31-14-16-8-10-19(11-9-16)41(3,38)39)23(35)32(15(20)2)18-7-5-6-17(12-18)26(27,28)29/h5-13H,4,14,30H2,1-3H3,(H,31,34). The van der Waals surface area contributed by atoms with Crippen LogP contribution < -0.4 is 16.7 Å². The van der Waals surface area contributed by atoms with Gasteiger partial charge >= 0.3 is 12.3 Å². The molecular weight excluding hydrogens is 569 g/mol. The monoisotopic (exact) mass is 594 g/mol. The molecule has 11 nitrogen and oxygen atoms in total. The van der Waals surface area contributed by atoms with Crippen molar-refractivity contribution in [3.63, 3.8) is 0 Å². The average molecular weight is 595 g/mol. The summed E-state index contributed by atoms with van der Waals surface area (Å²) in [6, 6.07) is 10.1. The number of carbonyl (C=O) groups is 3. The maximum Gasteiger partial charge on any atom is 0.431 e. The number of nitrogens with zero attached hydrogens (tertiary/aromatic N) is 2. The van der Waals surface area contributed by atoms with Crippen LogP contribution in [0.25, 0.3) is 5.69 Å². The van der Waals surface area contributed by atoms with E-state index in [0.29, 0.717) is 11.6 Å². The van der Waals surface area contributed by atoms with Gasteiger partial charge in [0.2, 0.25) is 0 Å². The van der Waals surface area contributed by atoms with Gasteiger partial charge in [-0.25, -0.2) is 19.1 Å². The van der Waals surface area contributed by atoms with Crippen molar-refractivity contribution in [1.82, 2.24) is 14.9 Å². The van der Waals surface area contributed by atoms with E-state index in [1.54, 1.807) is 0 Å². The number of sulfone groups is 1. The molecule has 0 atom stereocenters. The van der Waals surface area contributed by atoms with Crippen LogP contribution in [0.5, 0.6) is 0 Å². The van der Waals surface area contributed by atoms with Crippen molar-refractivity contribution in [3.05, 3.63) is 92.9 Å². The molecule has 0 aliphatic carbocycles. The van der Waals surface area contributed by atoms with Gasteiger partial charge in [-0.2, -0.15) is 18.2 Å². The normalized spacial score (nSPS) is 11.6. The summed E-state index contributed by atoms with van der Waals surface area (Å²) >= 11 is 0. The van der Waals surface area contributed by atoms with E-state index in [-0.39, 0.29) is 34.4 Å². The first-order valence-electron chi connectivity index (χ1n) is 11.8. The number of hydrazine groups is 1. The molecule has 1 aromatic heterocycles.